The molecule has 0 fully saturated rings. The van der Waals surface area contributed by atoms with Gasteiger partial charge in [-0.1, -0.05) is 18.5 Å². The van der Waals surface area contributed by atoms with Gasteiger partial charge in [-0.25, -0.2) is 0 Å². The summed E-state index contributed by atoms with van der Waals surface area (Å²) in [7, 11) is 0. The summed E-state index contributed by atoms with van der Waals surface area (Å²) in [6.07, 6.45) is 0.149. The molecule has 0 heterocycles. The highest BCUT2D eigenvalue weighted by Gasteiger charge is 2.11. The molecule has 2 nitrogen and oxygen atoms in total. The Morgan fingerprint density at radius 1 is 1.43 bits per heavy atom. The average Bonchev–Trinajstić information content (AvgIpc) is 2.20. The molecule has 0 spiro atoms. The molecule has 0 saturated heterocycles. The zero-order valence-electron chi connectivity index (χ0n) is 8.46. The van der Waals surface area contributed by atoms with Gasteiger partial charge in [-0.2, -0.15) is 0 Å². The van der Waals surface area contributed by atoms with Crippen LogP contribution in [0.15, 0.2) is 18.2 Å². The fourth-order valence-corrected chi connectivity index (χ4v) is 1.47. The summed E-state index contributed by atoms with van der Waals surface area (Å²) in [6, 6.07) is 5.30. The zero-order chi connectivity index (χ0) is 10.6. The standard InChI is InChI=1S/C11H15ClO2/c1-3-10(13)9-7-8(12)5-6-11(9)14-4-2/h5-7,10,13H,3-4H2,1-2H3. The normalized spacial score (nSPS) is 12.6. The molecule has 0 radical (unpaired) electrons. The first kappa shape index (κ1) is 11.3. The van der Waals surface area contributed by atoms with Gasteiger partial charge < -0.3 is 9.84 Å². The maximum atomic E-state index is 9.72. The number of aliphatic hydroxyl groups excluding tert-OH is 1. The number of ether oxygens (including phenoxy) is 1. The molecule has 78 valence electrons. The minimum Gasteiger partial charge on any atom is -0.493 e. The highest BCUT2D eigenvalue weighted by molar-refractivity contribution is 6.30. The Bertz CT molecular complexity index is 299. The summed E-state index contributed by atoms with van der Waals surface area (Å²) in [6.45, 7) is 4.42. The molecule has 14 heavy (non-hydrogen) atoms. The summed E-state index contributed by atoms with van der Waals surface area (Å²) < 4.78 is 5.40. The van der Waals surface area contributed by atoms with Crippen LogP contribution in [-0.4, -0.2) is 11.7 Å². The summed E-state index contributed by atoms with van der Waals surface area (Å²) in [5, 5.41) is 10.3. The van der Waals surface area contributed by atoms with Gasteiger partial charge >= 0.3 is 0 Å². The average molecular weight is 215 g/mol. The second-order valence-corrected chi connectivity index (χ2v) is 3.48. The van der Waals surface area contributed by atoms with Crippen LogP contribution in [0.3, 0.4) is 0 Å². The Balaban J connectivity index is 3.02. The molecule has 0 aliphatic rings. The third-order valence-corrected chi connectivity index (χ3v) is 2.25. The molecule has 1 rings (SSSR count). The van der Waals surface area contributed by atoms with Gasteiger partial charge in [0.25, 0.3) is 0 Å². The first-order chi connectivity index (χ1) is 6.69. The summed E-state index contributed by atoms with van der Waals surface area (Å²) in [5.74, 6) is 0.714. The summed E-state index contributed by atoms with van der Waals surface area (Å²) >= 11 is 5.85. The monoisotopic (exact) mass is 214 g/mol. The molecule has 0 aliphatic heterocycles. The van der Waals surface area contributed by atoms with Crippen LogP contribution in [0.25, 0.3) is 0 Å². The lowest BCUT2D eigenvalue weighted by molar-refractivity contribution is 0.168. The van der Waals surface area contributed by atoms with Crippen LogP contribution in [0, 0.1) is 0 Å². The van der Waals surface area contributed by atoms with Crippen LogP contribution in [0.2, 0.25) is 5.02 Å². The van der Waals surface area contributed by atoms with Crippen molar-refractivity contribution in [2.45, 2.75) is 26.4 Å². The van der Waals surface area contributed by atoms with Gasteiger partial charge in [-0.3, -0.25) is 0 Å². The quantitative estimate of drug-likeness (QED) is 0.834. The minimum atomic E-state index is -0.504. The van der Waals surface area contributed by atoms with Crippen molar-refractivity contribution in [3.8, 4) is 5.75 Å². The fourth-order valence-electron chi connectivity index (χ4n) is 1.29. The second kappa shape index (κ2) is 5.23. The SMILES string of the molecule is CCOc1ccc(Cl)cc1C(O)CC. The molecule has 1 unspecified atom stereocenters. The van der Waals surface area contributed by atoms with Gasteiger partial charge in [0.05, 0.1) is 12.7 Å². The van der Waals surface area contributed by atoms with Crippen LogP contribution < -0.4 is 4.74 Å². The van der Waals surface area contributed by atoms with Gasteiger partial charge in [0, 0.05) is 10.6 Å². The van der Waals surface area contributed by atoms with Crippen molar-refractivity contribution in [2.24, 2.45) is 0 Å². The number of halogens is 1. The third kappa shape index (κ3) is 2.63. The van der Waals surface area contributed by atoms with Gasteiger partial charge in [0.1, 0.15) is 5.75 Å². The Morgan fingerprint density at radius 2 is 2.14 bits per heavy atom. The largest absolute Gasteiger partial charge is 0.493 e. The molecule has 0 aromatic heterocycles. The molecule has 0 aliphatic carbocycles. The zero-order valence-corrected chi connectivity index (χ0v) is 9.21. The predicted molar refractivity (Wildman–Crippen MR) is 57.9 cm³/mol. The molecule has 1 aromatic carbocycles. The van der Waals surface area contributed by atoms with Crippen LogP contribution in [0.4, 0.5) is 0 Å². The Labute approximate surface area is 89.5 Å². The Kier molecular flexibility index (Phi) is 4.23. The molecule has 3 heteroatoms. The number of benzene rings is 1. The van der Waals surface area contributed by atoms with E-state index in [1.807, 2.05) is 13.8 Å². The third-order valence-electron chi connectivity index (χ3n) is 2.02. The first-order valence-electron chi connectivity index (χ1n) is 4.79. The number of rotatable bonds is 4. The van der Waals surface area contributed by atoms with Crippen LogP contribution in [0.1, 0.15) is 31.9 Å². The van der Waals surface area contributed by atoms with Crippen molar-refractivity contribution in [1.29, 1.82) is 0 Å². The van der Waals surface area contributed by atoms with Gasteiger partial charge in [0.15, 0.2) is 0 Å². The fraction of sp³-hybridized carbons (Fsp3) is 0.455. The van der Waals surface area contributed by atoms with Crippen LogP contribution >= 0.6 is 11.6 Å². The molecule has 0 amide bonds. The molecular weight excluding hydrogens is 200 g/mol. The highest BCUT2D eigenvalue weighted by atomic mass is 35.5. The number of hydrogen-bond donors (Lipinski definition) is 1. The number of hydrogen-bond acceptors (Lipinski definition) is 2. The van der Waals surface area contributed by atoms with E-state index in [9.17, 15) is 5.11 Å². The smallest absolute Gasteiger partial charge is 0.125 e. The second-order valence-electron chi connectivity index (χ2n) is 3.04. The van der Waals surface area contributed by atoms with E-state index in [1.54, 1.807) is 18.2 Å². The van der Waals surface area contributed by atoms with E-state index in [0.717, 1.165) is 5.56 Å². The van der Waals surface area contributed by atoms with E-state index in [4.69, 9.17) is 16.3 Å². The van der Waals surface area contributed by atoms with Crippen molar-refractivity contribution >= 4 is 11.6 Å². The Hall–Kier alpha value is -0.730. The van der Waals surface area contributed by atoms with Crippen LogP contribution in [0.5, 0.6) is 5.75 Å². The van der Waals surface area contributed by atoms with E-state index in [1.165, 1.54) is 0 Å². The lowest BCUT2D eigenvalue weighted by Gasteiger charge is -2.14. The van der Waals surface area contributed by atoms with Crippen molar-refractivity contribution in [1.82, 2.24) is 0 Å². The van der Waals surface area contributed by atoms with Crippen molar-refractivity contribution in [3.63, 3.8) is 0 Å². The topological polar surface area (TPSA) is 29.5 Å². The van der Waals surface area contributed by atoms with E-state index in [2.05, 4.69) is 0 Å². The van der Waals surface area contributed by atoms with Gasteiger partial charge in [-0.15, -0.1) is 0 Å². The van der Waals surface area contributed by atoms with E-state index < -0.39 is 6.10 Å². The van der Waals surface area contributed by atoms with Crippen molar-refractivity contribution < 1.29 is 9.84 Å². The molecule has 0 saturated carbocycles. The number of aliphatic hydroxyl groups is 1. The molecular formula is C11H15ClO2. The lowest BCUT2D eigenvalue weighted by atomic mass is 10.1. The minimum absolute atomic E-state index is 0.504. The van der Waals surface area contributed by atoms with E-state index in [0.29, 0.717) is 23.8 Å². The summed E-state index contributed by atoms with van der Waals surface area (Å²) in [5.41, 5.74) is 0.766. The first-order valence-corrected chi connectivity index (χ1v) is 5.17. The van der Waals surface area contributed by atoms with Crippen molar-refractivity contribution in [2.75, 3.05) is 6.61 Å². The summed E-state index contributed by atoms with van der Waals surface area (Å²) in [4.78, 5) is 0. The molecule has 1 aromatic rings. The Morgan fingerprint density at radius 3 is 2.71 bits per heavy atom. The molecule has 1 N–H and O–H groups in total. The van der Waals surface area contributed by atoms with E-state index in [-0.39, 0.29) is 0 Å². The molecule has 1 atom stereocenters. The predicted octanol–water partition coefficient (Wildman–Crippen LogP) is 3.18. The van der Waals surface area contributed by atoms with Crippen molar-refractivity contribution in [3.05, 3.63) is 28.8 Å². The van der Waals surface area contributed by atoms with E-state index >= 15 is 0 Å². The lowest BCUT2D eigenvalue weighted by Crippen LogP contribution is -2.01. The highest BCUT2D eigenvalue weighted by Crippen LogP contribution is 2.29. The van der Waals surface area contributed by atoms with Gasteiger partial charge in [-0.05, 0) is 31.5 Å². The van der Waals surface area contributed by atoms with Crippen LogP contribution in [-0.2, 0) is 0 Å². The maximum absolute atomic E-state index is 9.72. The molecule has 0 bridgehead atoms. The van der Waals surface area contributed by atoms with Gasteiger partial charge in [0.2, 0.25) is 0 Å². The maximum Gasteiger partial charge on any atom is 0.125 e.